The first-order chi connectivity index (χ1) is 17.3. The van der Waals surface area contributed by atoms with Crippen LogP contribution in [0.5, 0.6) is 0 Å². The Bertz CT molecular complexity index is 1290. The number of carbonyl (C=O) groups is 5. The van der Waals surface area contributed by atoms with Gasteiger partial charge in [0.05, 0.1) is 0 Å². The molecule has 1 saturated heterocycles. The van der Waals surface area contributed by atoms with Gasteiger partial charge >= 0.3 is 12.1 Å². The zero-order valence-electron chi connectivity index (χ0n) is 19.4. The van der Waals surface area contributed by atoms with Gasteiger partial charge in [-0.1, -0.05) is 18.2 Å². The zero-order chi connectivity index (χ0) is 25.4. The maximum Gasteiger partial charge on any atom is 0.407 e. The summed E-state index contributed by atoms with van der Waals surface area (Å²) in [6.07, 6.45) is 0.148. The molecule has 36 heavy (non-hydrogen) atoms. The lowest BCUT2D eigenvalue weighted by Gasteiger charge is -2.29. The molecule has 0 radical (unpaired) electrons. The molecular weight excluding hydrogens is 466 g/mol. The summed E-state index contributed by atoms with van der Waals surface area (Å²) in [6.45, 7) is 1.26. The van der Waals surface area contributed by atoms with E-state index in [1.54, 1.807) is 18.2 Å². The Morgan fingerprint density at radius 3 is 2.61 bits per heavy atom. The largest absolute Gasteiger partial charge is 0.465 e. The lowest BCUT2D eigenvalue weighted by atomic mass is 9.99. The summed E-state index contributed by atoms with van der Waals surface area (Å²) in [6, 6.07) is 9.67. The van der Waals surface area contributed by atoms with E-state index in [1.807, 2.05) is 18.2 Å². The minimum absolute atomic E-state index is 0.200. The van der Waals surface area contributed by atoms with E-state index in [9.17, 15) is 24.0 Å². The normalized spacial score (nSPS) is 18.9. The van der Waals surface area contributed by atoms with Crippen LogP contribution in [-0.2, 0) is 35.6 Å². The highest BCUT2D eigenvalue weighted by Gasteiger charge is 2.39. The van der Waals surface area contributed by atoms with Crippen LogP contribution in [0.4, 0.5) is 15.3 Å². The molecule has 11 heteroatoms. The maximum atomic E-state index is 12.8. The van der Waals surface area contributed by atoms with E-state index in [4.69, 9.17) is 5.11 Å². The SMILES string of the molecule is O=C1CCC(N2Cc3cc(CNC(=O)Nc4ccc5c(c4)CCN(C(=O)O)C5)ccc3C2=O)C(=O)N1. The summed E-state index contributed by atoms with van der Waals surface area (Å²) >= 11 is 0. The van der Waals surface area contributed by atoms with E-state index in [1.165, 1.54) is 9.80 Å². The van der Waals surface area contributed by atoms with Crippen LogP contribution in [0.15, 0.2) is 36.4 Å². The van der Waals surface area contributed by atoms with Crippen molar-refractivity contribution in [1.82, 2.24) is 20.4 Å². The number of piperidine rings is 1. The number of carboxylic acid groups (broad SMARTS) is 1. The molecule has 2 aromatic carbocycles. The van der Waals surface area contributed by atoms with Gasteiger partial charge in [-0.2, -0.15) is 0 Å². The Labute approximate surface area is 206 Å². The van der Waals surface area contributed by atoms with Crippen LogP contribution in [0.1, 0.15) is 45.5 Å². The van der Waals surface area contributed by atoms with E-state index < -0.39 is 18.0 Å². The smallest absolute Gasteiger partial charge is 0.407 e. The molecule has 2 aromatic rings. The predicted molar refractivity (Wildman–Crippen MR) is 127 cm³/mol. The number of anilines is 1. The fraction of sp³-hybridized carbons (Fsp3) is 0.320. The Morgan fingerprint density at radius 1 is 1.00 bits per heavy atom. The molecule has 3 heterocycles. The van der Waals surface area contributed by atoms with Gasteiger partial charge in [-0.15, -0.1) is 0 Å². The fourth-order valence-electron chi connectivity index (χ4n) is 4.89. The van der Waals surface area contributed by atoms with Gasteiger partial charge in [-0.05, 0) is 53.3 Å². The Kier molecular flexibility index (Phi) is 6.05. The number of amides is 6. The summed E-state index contributed by atoms with van der Waals surface area (Å²) in [5.74, 6) is -1.02. The number of fused-ring (bicyclic) bond motifs is 2. The van der Waals surface area contributed by atoms with Crippen LogP contribution in [0.3, 0.4) is 0 Å². The number of benzene rings is 2. The van der Waals surface area contributed by atoms with Crippen molar-refractivity contribution in [3.63, 3.8) is 0 Å². The molecular formula is C25H25N5O6. The molecule has 0 aliphatic carbocycles. The van der Waals surface area contributed by atoms with Gasteiger partial charge in [-0.25, -0.2) is 9.59 Å². The van der Waals surface area contributed by atoms with E-state index in [-0.39, 0.29) is 37.4 Å². The summed E-state index contributed by atoms with van der Waals surface area (Å²) < 4.78 is 0. The number of nitrogens with zero attached hydrogens (tertiary/aromatic N) is 2. The van der Waals surface area contributed by atoms with E-state index in [0.717, 1.165) is 22.3 Å². The maximum absolute atomic E-state index is 12.8. The molecule has 0 spiro atoms. The quantitative estimate of drug-likeness (QED) is 0.480. The van der Waals surface area contributed by atoms with E-state index in [2.05, 4.69) is 16.0 Å². The van der Waals surface area contributed by atoms with Crippen LogP contribution in [0, 0.1) is 0 Å². The number of carbonyl (C=O) groups excluding carboxylic acids is 4. The highest BCUT2D eigenvalue weighted by atomic mass is 16.4. The molecule has 5 rings (SSSR count). The van der Waals surface area contributed by atoms with Crippen molar-refractivity contribution in [1.29, 1.82) is 0 Å². The fourth-order valence-corrected chi connectivity index (χ4v) is 4.89. The van der Waals surface area contributed by atoms with Gasteiger partial charge in [0.25, 0.3) is 5.91 Å². The average Bonchev–Trinajstić information content (AvgIpc) is 3.17. The summed E-state index contributed by atoms with van der Waals surface area (Å²) in [7, 11) is 0. The lowest BCUT2D eigenvalue weighted by molar-refractivity contribution is -0.136. The third-order valence-corrected chi connectivity index (χ3v) is 6.79. The van der Waals surface area contributed by atoms with Crippen molar-refractivity contribution in [2.24, 2.45) is 0 Å². The third-order valence-electron chi connectivity index (χ3n) is 6.79. The minimum atomic E-state index is -0.943. The molecule has 1 atom stereocenters. The van der Waals surface area contributed by atoms with Gasteiger partial charge < -0.3 is 25.5 Å². The molecule has 3 aliphatic rings. The van der Waals surface area contributed by atoms with Gasteiger partial charge in [0, 0.05) is 43.9 Å². The molecule has 4 N–H and O–H groups in total. The van der Waals surface area contributed by atoms with E-state index >= 15 is 0 Å². The molecule has 1 unspecified atom stereocenters. The van der Waals surface area contributed by atoms with Gasteiger partial charge in [0.1, 0.15) is 6.04 Å². The first kappa shape index (κ1) is 23.3. The number of urea groups is 1. The first-order valence-corrected chi connectivity index (χ1v) is 11.7. The van der Waals surface area contributed by atoms with Crippen LogP contribution in [0.2, 0.25) is 0 Å². The standard InChI is InChI=1S/C25H25N5O6/c31-21-6-5-20(22(32)28-21)30-13-17-9-14(1-4-19(17)23(30)33)11-26-24(34)27-18-3-2-16-12-29(25(35)36)8-7-15(16)10-18/h1-4,9-10,20H,5-8,11-13H2,(H,35,36)(H2,26,27,34)(H,28,31,32). The summed E-state index contributed by atoms with van der Waals surface area (Å²) in [5.41, 5.74) is 4.65. The van der Waals surface area contributed by atoms with Gasteiger partial charge in [0.2, 0.25) is 11.8 Å². The molecule has 0 saturated carbocycles. The second-order valence-corrected chi connectivity index (χ2v) is 9.14. The summed E-state index contributed by atoms with van der Waals surface area (Å²) in [5, 5.41) is 17.1. The monoisotopic (exact) mass is 491 g/mol. The Hall–Kier alpha value is -4.41. The average molecular weight is 492 g/mol. The third kappa shape index (κ3) is 4.59. The van der Waals surface area contributed by atoms with Crippen molar-refractivity contribution in [2.75, 3.05) is 11.9 Å². The summed E-state index contributed by atoms with van der Waals surface area (Å²) in [4.78, 5) is 62.9. The van der Waals surface area contributed by atoms with Crippen molar-refractivity contribution in [3.8, 4) is 0 Å². The van der Waals surface area contributed by atoms with Crippen LogP contribution < -0.4 is 16.0 Å². The number of hydrogen-bond donors (Lipinski definition) is 4. The molecule has 0 bridgehead atoms. The molecule has 0 aromatic heterocycles. The number of rotatable bonds is 4. The van der Waals surface area contributed by atoms with Crippen molar-refractivity contribution < 1.29 is 29.1 Å². The van der Waals surface area contributed by atoms with Crippen LogP contribution >= 0.6 is 0 Å². The molecule has 1 fully saturated rings. The molecule has 186 valence electrons. The Balaban J connectivity index is 1.17. The Morgan fingerprint density at radius 2 is 1.83 bits per heavy atom. The van der Waals surface area contributed by atoms with Crippen molar-refractivity contribution in [2.45, 2.75) is 44.9 Å². The molecule has 6 amide bonds. The van der Waals surface area contributed by atoms with Crippen LogP contribution in [-0.4, -0.2) is 57.3 Å². The van der Waals surface area contributed by atoms with Gasteiger partial charge in [0.15, 0.2) is 0 Å². The minimum Gasteiger partial charge on any atom is -0.465 e. The second kappa shape index (κ2) is 9.33. The highest BCUT2D eigenvalue weighted by molar-refractivity contribution is 6.05. The second-order valence-electron chi connectivity index (χ2n) is 9.14. The number of imide groups is 1. The zero-order valence-corrected chi connectivity index (χ0v) is 19.4. The topological polar surface area (TPSA) is 148 Å². The highest BCUT2D eigenvalue weighted by Crippen LogP contribution is 2.28. The van der Waals surface area contributed by atoms with Crippen molar-refractivity contribution in [3.05, 3.63) is 64.2 Å². The molecule has 11 nitrogen and oxygen atoms in total. The molecule has 3 aliphatic heterocycles. The first-order valence-electron chi connectivity index (χ1n) is 11.7. The lowest BCUT2D eigenvalue weighted by Crippen LogP contribution is -2.52. The number of hydrogen-bond acceptors (Lipinski definition) is 5. The van der Waals surface area contributed by atoms with E-state index in [0.29, 0.717) is 37.2 Å². The van der Waals surface area contributed by atoms with Crippen LogP contribution in [0.25, 0.3) is 0 Å². The van der Waals surface area contributed by atoms with Gasteiger partial charge in [-0.3, -0.25) is 19.7 Å². The van der Waals surface area contributed by atoms with Crippen molar-refractivity contribution >= 4 is 35.5 Å². The number of nitrogens with one attached hydrogen (secondary N) is 3. The predicted octanol–water partition coefficient (Wildman–Crippen LogP) is 1.81.